The third-order valence-corrected chi connectivity index (χ3v) is 3.88. The van der Waals surface area contributed by atoms with Gasteiger partial charge in [0.15, 0.2) is 0 Å². The number of hydrogen-bond acceptors (Lipinski definition) is 5. The molecular weight excluding hydrogens is 272 g/mol. The molecule has 1 saturated heterocycles. The van der Waals surface area contributed by atoms with Crippen molar-refractivity contribution in [2.45, 2.75) is 52.1 Å². The third kappa shape index (κ3) is 6.33. The molecule has 0 aliphatic carbocycles. The summed E-state index contributed by atoms with van der Waals surface area (Å²) in [7, 11) is 1.41. The number of piperidine rings is 1. The summed E-state index contributed by atoms with van der Waals surface area (Å²) in [5, 5.41) is 2.92. The van der Waals surface area contributed by atoms with Gasteiger partial charge < -0.3 is 14.8 Å². The highest BCUT2D eigenvalue weighted by Crippen LogP contribution is 2.23. The molecule has 1 rings (SSSR count). The Balaban J connectivity index is 2.55. The Morgan fingerprint density at radius 2 is 2.05 bits per heavy atom. The van der Waals surface area contributed by atoms with Gasteiger partial charge in [0.2, 0.25) is 0 Å². The Hall–Kier alpha value is -1.30. The number of nitrogens with zero attached hydrogens (tertiary/aromatic N) is 1. The van der Waals surface area contributed by atoms with Crippen LogP contribution in [0.3, 0.4) is 0 Å². The number of ether oxygens (including phenoxy) is 2. The summed E-state index contributed by atoms with van der Waals surface area (Å²) in [6.07, 6.45) is 1.73. The average molecular weight is 300 g/mol. The van der Waals surface area contributed by atoms with Crippen LogP contribution in [0.1, 0.15) is 40.0 Å². The van der Waals surface area contributed by atoms with Crippen molar-refractivity contribution in [2.24, 2.45) is 5.92 Å². The van der Waals surface area contributed by atoms with Crippen LogP contribution in [0.5, 0.6) is 0 Å². The smallest absolute Gasteiger partial charge is 0.407 e. The topological polar surface area (TPSA) is 67.9 Å². The maximum Gasteiger partial charge on any atom is 0.407 e. The van der Waals surface area contributed by atoms with Crippen molar-refractivity contribution < 1.29 is 19.1 Å². The van der Waals surface area contributed by atoms with Crippen molar-refractivity contribution in [3.63, 3.8) is 0 Å². The maximum atomic E-state index is 11.6. The first-order chi connectivity index (χ1) is 9.96. The minimum Gasteiger partial charge on any atom is -0.469 e. The zero-order valence-electron chi connectivity index (χ0n) is 13.6. The number of alkyl carbamates (subject to hydrolysis) is 1. The van der Waals surface area contributed by atoms with Gasteiger partial charge in [0.1, 0.15) is 0 Å². The first-order valence-corrected chi connectivity index (χ1v) is 7.70. The first kappa shape index (κ1) is 17.8. The molecule has 122 valence electrons. The lowest BCUT2D eigenvalue weighted by Crippen LogP contribution is -2.52. The molecule has 2 atom stereocenters. The molecule has 21 heavy (non-hydrogen) atoms. The molecule has 0 aromatic heterocycles. The van der Waals surface area contributed by atoms with Crippen molar-refractivity contribution in [3.05, 3.63) is 0 Å². The van der Waals surface area contributed by atoms with Crippen molar-refractivity contribution in [1.29, 1.82) is 0 Å². The largest absolute Gasteiger partial charge is 0.469 e. The molecule has 1 N–H and O–H groups in total. The van der Waals surface area contributed by atoms with Crippen LogP contribution in [-0.2, 0) is 14.3 Å². The molecule has 1 amide bonds. The second-order valence-corrected chi connectivity index (χ2v) is 5.83. The van der Waals surface area contributed by atoms with Crippen LogP contribution in [0.15, 0.2) is 0 Å². The quantitative estimate of drug-likeness (QED) is 0.757. The number of carbonyl (C=O) groups is 2. The van der Waals surface area contributed by atoms with Crippen molar-refractivity contribution in [3.8, 4) is 0 Å². The predicted octanol–water partition coefficient (Wildman–Crippen LogP) is 1.78. The fourth-order valence-corrected chi connectivity index (χ4v) is 2.74. The van der Waals surface area contributed by atoms with Gasteiger partial charge in [0.25, 0.3) is 0 Å². The second kappa shape index (κ2) is 8.87. The van der Waals surface area contributed by atoms with Crippen LogP contribution in [-0.4, -0.2) is 55.9 Å². The van der Waals surface area contributed by atoms with Gasteiger partial charge in [-0.1, -0.05) is 0 Å². The van der Waals surface area contributed by atoms with Crippen molar-refractivity contribution in [1.82, 2.24) is 10.2 Å². The van der Waals surface area contributed by atoms with Crippen LogP contribution in [0, 0.1) is 5.92 Å². The molecule has 1 heterocycles. The van der Waals surface area contributed by atoms with Crippen molar-refractivity contribution >= 4 is 12.1 Å². The predicted molar refractivity (Wildman–Crippen MR) is 80.0 cm³/mol. The lowest BCUT2D eigenvalue weighted by Gasteiger charge is -2.40. The summed E-state index contributed by atoms with van der Waals surface area (Å²) in [6, 6.07) is 0.486. The van der Waals surface area contributed by atoms with Gasteiger partial charge in [0, 0.05) is 31.6 Å². The van der Waals surface area contributed by atoms with E-state index >= 15 is 0 Å². The Morgan fingerprint density at radius 3 is 2.62 bits per heavy atom. The number of carbonyl (C=O) groups excluding carboxylic acids is 2. The van der Waals surface area contributed by atoms with Crippen molar-refractivity contribution in [2.75, 3.05) is 26.8 Å². The number of rotatable bonds is 6. The molecule has 0 aromatic carbocycles. The lowest BCUT2D eigenvalue weighted by atomic mass is 9.89. The zero-order valence-corrected chi connectivity index (χ0v) is 13.6. The molecule has 0 radical (unpaired) electrons. The van der Waals surface area contributed by atoms with E-state index in [1.165, 1.54) is 7.11 Å². The van der Waals surface area contributed by atoms with E-state index in [4.69, 9.17) is 9.47 Å². The van der Waals surface area contributed by atoms with E-state index in [2.05, 4.69) is 24.1 Å². The number of likely N-dealkylation sites (tertiary alicyclic amines) is 1. The molecule has 6 nitrogen and oxygen atoms in total. The fraction of sp³-hybridized carbons (Fsp3) is 0.867. The van der Waals surface area contributed by atoms with Gasteiger partial charge in [0.05, 0.1) is 13.7 Å². The summed E-state index contributed by atoms with van der Waals surface area (Å²) in [6.45, 7) is 8.23. The highest BCUT2D eigenvalue weighted by atomic mass is 16.5. The molecule has 2 unspecified atom stereocenters. The highest BCUT2D eigenvalue weighted by Gasteiger charge is 2.30. The Labute approximate surface area is 127 Å². The van der Waals surface area contributed by atoms with E-state index in [0.29, 0.717) is 25.0 Å². The molecule has 1 aliphatic rings. The summed E-state index contributed by atoms with van der Waals surface area (Å²) in [5.74, 6) is 0.207. The lowest BCUT2D eigenvalue weighted by molar-refractivity contribution is -0.141. The minimum absolute atomic E-state index is 0.0721. The molecule has 1 fully saturated rings. The van der Waals surface area contributed by atoms with E-state index in [1.807, 2.05) is 0 Å². The molecule has 0 bridgehead atoms. The van der Waals surface area contributed by atoms with Gasteiger partial charge in [-0.05, 0) is 39.5 Å². The second-order valence-electron chi connectivity index (χ2n) is 5.83. The van der Waals surface area contributed by atoms with E-state index in [1.54, 1.807) is 6.92 Å². The monoisotopic (exact) mass is 300 g/mol. The molecular formula is C15H28N2O4. The normalized spacial score (nSPS) is 22.9. The average Bonchev–Trinajstić information content (AvgIpc) is 2.44. The van der Waals surface area contributed by atoms with Crippen LogP contribution in [0.4, 0.5) is 4.79 Å². The fourth-order valence-electron chi connectivity index (χ4n) is 2.74. The van der Waals surface area contributed by atoms with Crippen LogP contribution in [0.2, 0.25) is 0 Å². The van der Waals surface area contributed by atoms with E-state index in [0.717, 1.165) is 25.9 Å². The summed E-state index contributed by atoms with van der Waals surface area (Å²) in [5.41, 5.74) is 0. The van der Waals surface area contributed by atoms with E-state index < -0.39 is 0 Å². The molecule has 6 heteroatoms. The first-order valence-electron chi connectivity index (χ1n) is 7.70. The summed E-state index contributed by atoms with van der Waals surface area (Å²) in [4.78, 5) is 25.2. The zero-order chi connectivity index (χ0) is 15.8. The van der Waals surface area contributed by atoms with Gasteiger partial charge in [-0.15, -0.1) is 0 Å². The van der Waals surface area contributed by atoms with E-state index in [-0.39, 0.29) is 18.1 Å². The maximum absolute atomic E-state index is 11.6. The minimum atomic E-state index is -0.361. The molecule has 0 aromatic rings. The van der Waals surface area contributed by atoms with E-state index in [9.17, 15) is 9.59 Å². The number of methoxy groups -OCH3 is 1. The number of esters is 1. The number of hydrogen-bond donors (Lipinski definition) is 1. The Kier molecular flexibility index (Phi) is 7.50. The summed E-state index contributed by atoms with van der Waals surface area (Å²) < 4.78 is 9.65. The number of amides is 1. The number of nitrogens with one attached hydrogen (secondary N) is 1. The van der Waals surface area contributed by atoms with Crippen LogP contribution in [0.25, 0.3) is 0 Å². The third-order valence-electron chi connectivity index (χ3n) is 3.88. The van der Waals surface area contributed by atoms with Gasteiger partial charge in [-0.25, -0.2) is 4.79 Å². The molecule has 0 spiro atoms. The Morgan fingerprint density at radius 1 is 1.33 bits per heavy atom. The summed E-state index contributed by atoms with van der Waals surface area (Å²) >= 11 is 0. The van der Waals surface area contributed by atoms with Crippen LogP contribution >= 0.6 is 0 Å². The molecule has 1 aliphatic heterocycles. The SMILES string of the molecule is CCOC(=O)NC1CC(CCC(=O)OC)CN(C(C)C)C1. The Bertz CT molecular complexity index is 347. The molecule has 0 saturated carbocycles. The van der Waals surface area contributed by atoms with Gasteiger partial charge in [-0.3, -0.25) is 9.69 Å². The van der Waals surface area contributed by atoms with Gasteiger partial charge >= 0.3 is 12.1 Å². The van der Waals surface area contributed by atoms with Crippen LogP contribution < -0.4 is 5.32 Å². The highest BCUT2D eigenvalue weighted by molar-refractivity contribution is 5.69. The standard InChI is InChI=1S/C15H28N2O4/c1-5-21-15(19)16-13-8-12(6-7-14(18)20-4)9-17(10-13)11(2)3/h11-13H,5-10H2,1-4H3,(H,16,19). The van der Waals surface area contributed by atoms with Gasteiger partial charge in [-0.2, -0.15) is 0 Å².